The van der Waals surface area contributed by atoms with E-state index < -0.39 is 0 Å². The Bertz CT molecular complexity index is 897. The van der Waals surface area contributed by atoms with Crippen LogP contribution >= 0.6 is 0 Å². The maximum absolute atomic E-state index is 9.35. The van der Waals surface area contributed by atoms with E-state index in [2.05, 4.69) is 56.5 Å². The highest BCUT2D eigenvalue weighted by molar-refractivity contribution is 5.78. The van der Waals surface area contributed by atoms with Crippen LogP contribution in [-0.4, -0.2) is 27.9 Å². The Balaban J connectivity index is 1.82. The van der Waals surface area contributed by atoms with Gasteiger partial charge >= 0.3 is 0 Å². The highest BCUT2D eigenvalue weighted by Gasteiger charge is 2.12. The molecule has 0 aliphatic carbocycles. The lowest BCUT2D eigenvalue weighted by Gasteiger charge is -2.12. The van der Waals surface area contributed by atoms with Gasteiger partial charge in [-0.25, -0.2) is 4.98 Å². The number of hydrogen-bond acceptors (Lipinski definition) is 3. The van der Waals surface area contributed by atoms with E-state index in [1.54, 1.807) is 0 Å². The fraction of sp³-hybridized carbons (Fsp3) is 0.381. The smallest absolute Gasteiger partial charge is 0.119 e. The van der Waals surface area contributed by atoms with Crippen molar-refractivity contribution < 1.29 is 9.84 Å². The zero-order chi connectivity index (χ0) is 18.0. The number of ether oxygens (including phenoxy) is 1. The number of benzene rings is 2. The molecule has 0 amide bonds. The van der Waals surface area contributed by atoms with Crippen molar-refractivity contribution in [2.45, 2.75) is 40.7 Å². The molecule has 0 aliphatic heterocycles. The van der Waals surface area contributed by atoms with Crippen LogP contribution in [0.1, 0.15) is 28.1 Å². The minimum absolute atomic E-state index is 0.0965. The van der Waals surface area contributed by atoms with Crippen LogP contribution in [0.3, 0.4) is 0 Å². The highest BCUT2D eigenvalue weighted by Crippen LogP contribution is 2.22. The Morgan fingerprint density at radius 1 is 0.960 bits per heavy atom. The molecule has 0 radical (unpaired) electrons. The molecular formula is C21H26N2O2. The van der Waals surface area contributed by atoms with Crippen molar-refractivity contribution >= 4 is 11.0 Å². The number of imidazole rings is 1. The van der Waals surface area contributed by atoms with E-state index in [9.17, 15) is 5.11 Å². The summed E-state index contributed by atoms with van der Waals surface area (Å²) in [5.41, 5.74) is 7.08. The Labute approximate surface area is 149 Å². The number of aliphatic hydroxyl groups is 1. The first-order valence-electron chi connectivity index (χ1n) is 8.77. The highest BCUT2D eigenvalue weighted by atomic mass is 16.5. The van der Waals surface area contributed by atoms with Crippen LogP contribution in [-0.2, 0) is 13.0 Å². The SMILES string of the molecule is Cc1ccc(OCCn2c(CCO)nc3cc(C)c(C)cc32)cc1C. The number of nitrogens with zero attached hydrogens (tertiary/aromatic N) is 2. The summed E-state index contributed by atoms with van der Waals surface area (Å²) in [5.74, 6) is 1.80. The van der Waals surface area contributed by atoms with Gasteiger partial charge in [-0.05, 0) is 74.2 Å². The summed E-state index contributed by atoms with van der Waals surface area (Å²) >= 11 is 0. The number of aryl methyl sites for hydroxylation is 4. The molecule has 1 aromatic heterocycles. The topological polar surface area (TPSA) is 47.3 Å². The number of fused-ring (bicyclic) bond motifs is 1. The number of aliphatic hydroxyl groups excluding tert-OH is 1. The first kappa shape index (κ1) is 17.5. The van der Waals surface area contributed by atoms with Gasteiger partial charge in [0.1, 0.15) is 18.2 Å². The van der Waals surface area contributed by atoms with E-state index in [-0.39, 0.29) is 6.61 Å². The molecule has 3 rings (SSSR count). The normalized spacial score (nSPS) is 11.2. The Hall–Kier alpha value is -2.33. The molecule has 0 bridgehead atoms. The maximum atomic E-state index is 9.35. The fourth-order valence-corrected chi connectivity index (χ4v) is 3.03. The van der Waals surface area contributed by atoms with Gasteiger partial charge in [0.25, 0.3) is 0 Å². The fourth-order valence-electron chi connectivity index (χ4n) is 3.03. The molecule has 3 aromatic rings. The van der Waals surface area contributed by atoms with Crippen LogP contribution in [0.15, 0.2) is 30.3 Å². The lowest BCUT2D eigenvalue weighted by atomic mass is 10.1. The third-order valence-corrected chi connectivity index (χ3v) is 4.84. The van der Waals surface area contributed by atoms with Crippen molar-refractivity contribution in [3.8, 4) is 5.75 Å². The monoisotopic (exact) mass is 338 g/mol. The third kappa shape index (κ3) is 3.69. The summed E-state index contributed by atoms with van der Waals surface area (Å²) in [6.07, 6.45) is 0.552. The van der Waals surface area contributed by atoms with E-state index in [4.69, 9.17) is 9.72 Å². The lowest BCUT2D eigenvalue weighted by Crippen LogP contribution is -2.12. The summed E-state index contributed by atoms with van der Waals surface area (Å²) in [4.78, 5) is 4.70. The molecule has 0 fully saturated rings. The molecule has 4 nitrogen and oxygen atoms in total. The van der Waals surface area contributed by atoms with Crippen LogP contribution in [0.2, 0.25) is 0 Å². The molecule has 4 heteroatoms. The number of rotatable bonds is 6. The summed E-state index contributed by atoms with van der Waals surface area (Å²) in [5, 5.41) is 9.35. The van der Waals surface area contributed by atoms with E-state index in [0.717, 1.165) is 22.6 Å². The second-order valence-electron chi connectivity index (χ2n) is 6.67. The van der Waals surface area contributed by atoms with Gasteiger partial charge in [-0.15, -0.1) is 0 Å². The van der Waals surface area contributed by atoms with Crippen molar-refractivity contribution in [1.29, 1.82) is 0 Å². The minimum Gasteiger partial charge on any atom is -0.492 e. The van der Waals surface area contributed by atoms with Gasteiger partial charge in [0.15, 0.2) is 0 Å². The molecule has 0 saturated carbocycles. The van der Waals surface area contributed by atoms with E-state index in [1.165, 1.54) is 22.3 Å². The quantitative estimate of drug-likeness (QED) is 0.742. The second kappa shape index (κ2) is 7.28. The van der Waals surface area contributed by atoms with Crippen molar-refractivity contribution in [3.63, 3.8) is 0 Å². The van der Waals surface area contributed by atoms with E-state index in [0.29, 0.717) is 19.6 Å². The molecule has 132 valence electrons. The van der Waals surface area contributed by atoms with Crippen LogP contribution in [0.25, 0.3) is 11.0 Å². The molecule has 0 unspecified atom stereocenters. The molecule has 25 heavy (non-hydrogen) atoms. The molecule has 0 aliphatic rings. The summed E-state index contributed by atoms with van der Waals surface area (Å²) in [7, 11) is 0. The number of aromatic nitrogens is 2. The van der Waals surface area contributed by atoms with Crippen molar-refractivity contribution in [3.05, 3.63) is 58.4 Å². The first-order valence-corrected chi connectivity index (χ1v) is 8.77. The molecular weight excluding hydrogens is 312 g/mol. The van der Waals surface area contributed by atoms with Gasteiger partial charge in [0, 0.05) is 6.42 Å². The van der Waals surface area contributed by atoms with E-state index >= 15 is 0 Å². The van der Waals surface area contributed by atoms with Crippen LogP contribution in [0, 0.1) is 27.7 Å². The molecule has 1 heterocycles. The third-order valence-electron chi connectivity index (χ3n) is 4.84. The van der Waals surface area contributed by atoms with Gasteiger partial charge in [-0.2, -0.15) is 0 Å². The zero-order valence-electron chi connectivity index (χ0n) is 15.5. The molecule has 0 spiro atoms. The first-order chi connectivity index (χ1) is 12.0. The van der Waals surface area contributed by atoms with E-state index in [1.807, 2.05) is 6.07 Å². The average molecular weight is 338 g/mol. The maximum Gasteiger partial charge on any atom is 0.119 e. The van der Waals surface area contributed by atoms with Crippen molar-refractivity contribution in [2.24, 2.45) is 0 Å². The van der Waals surface area contributed by atoms with Crippen LogP contribution in [0.4, 0.5) is 0 Å². The molecule has 0 saturated heterocycles. The van der Waals surface area contributed by atoms with Crippen LogP contribution < -0.4 is 4.74 Å². The van der Waals surface area contributed by atoms with Crippen molar-refractivity contribution in [1.82, 2.24) is 9.55 Å². The number of hydrogen-bond donors (Lipinski definition) is 1. The van der Waals surface area contributed by atoms with Gasteiger partial charge < -0.3 is 14.4 Å². The van der Waals surface area contributed by atoms with Crippen molar-refractivity contribution in [2.75, 3.05) is 13.2 Å². The standard InChI is InChI=1S/C21H26N2O2/c1-14-5-6-18(11-15(14)2)25-10-8-23-20-13-17(4)16(3)12-19(20)22-21(23)7-9-24/h5-6,11-13,24H,7-10H2,1-4H3. The zero-order valence-corrected chi connectivity index (χ0v) is 15.5. The predicted octanol–water partition coefficient (Wildman–Crippen LogP) is 3.88. The molecule has 0 atom stereocenters. The molecule has 2 aromatic carbocycles. The second-order valence-corrected chi connectivity index (χ2v) is 6.67. The Morgan fingerprint density at radius 3 is 2.40 bits per heavy atom. The summed E-state index contributed by atoms with van der Waals surface area (Å²) < 4.78 is 8.11. The lowest BCUT2D eigenvalue weighted by molar-refractivity contribution is 0.283. The van der Waals surface area contributed by atoms with Gasteiger partial charge in [-0.3, -0.25) is 0 Å². The Kier molecular flexibility index (Phi) is 5.09. The Morgan fingerprint density at radius 2 is 1.68 bits per heavy atom. The van der Waals surface area contributed by atoms with Crippen LogP contribution in [0.5, 0.6) is 5.75 Å². The largest absolute Gasteiger partial charge is 0.492 e. The summed E-state index contributed by atoms with van der Waals surface area (Å²) in [6, 6.07) is 10.5. The van der Waals surface area contributed by atoms with Gasteiger partial charge in [0.2, 0.25) is 0 Å². The summed E-state index contributed by atoms with van der Waals surface area (Å²) in [6.45, 7) is 9.78. The average Bonchev–Trinajstić information content (AvgIpc) is 2.89. The minimum atomic E-state index is 0.0965. The molecule has 1 N–H and O–H groups in total. The predicted molar refractivity (Wildman–Crippen MR) is 101 cm³/mol. The van der Waals surface area contributed by atoms with Gasteiger partial charge in [-0.1, -0.05) is 6.07 Å². The van der Waals surface area contributed by atoms with Gasteiger partial charge in [0.05, 0.1) is 24.2 Å².